The Morgan fingerprint density at radius 3 is 2.18 bits per heavy atom. The minimum absolute atomic E-state index is 0.155. The summed E-state index contributed by atoms with van der Waals surface area (Å²) in [6.45, 7) is 0. The predicted octanol–water partition coefficient (Wildman–Crippen LogP) is 3.92. The lowest BCUT2D eigenvalue weighted by Crippen LogP contribution is -2.27. The average molecular weight is 381 g/mol. The van der Waals surface area contributed by atoms with E-state index in [1.807, 2.05) is 30.3 Å². The van der Waals surface area contributed by atoms with Crippen molar-refractivity contribution in [2.75, 3.05) is 28.4 Å². The Morgan fingerprint density at radius 2 is 1.57 bits per heavy atom. The molecule has 0 aromatic heterocycles. The second kappa shape index (κ2) is 7.19. The summed E-state index contributed by atoms with van der Waals surface area (Å²) in [5.41, 5.74) is 3.72. The summed E-state index contributed by atoms with van der Waals surface area (Å²) in [5, 5.41) is 0. The highest BCUT2D eigenvalue weighted by Crippen LogP contribution is 2.50. The van der Waals surface area contributed by atoms with E-state index in [4.69, 9.17) is 23.9 Å². The topological polar surface area (TPSA) is 66.4 Å². The molecule has 6 nitrogen and oxygen atoms in total. The largest absolute Gasteiger partial charge is 0.497 e. The zero-order chi connectivity index (χ0) is 19.8. The number of nitrogens with zero attached hydrogens (tertiary/aromatic N) is 1. The molecule has 2 aromatic carbocycles. The maximum Gasteiger partial charge on any atom is 0.203 e. The van der Waals surface area contributed by atoms with Crippen LogP contribution in [0.25, 0.3) is 0 Å². The number of fused-ring (bicyclic) bond motifs is 2. The molecule has 1 saturated carbocycles. The third kappa shape index (κ3) is 2.80. The zero-order valence-electron chi connectivity index (χ0n) is 16.4. The molecular formula is C22H23NO5. The third-order valence-corrected chi connectivity index (χ3v) is 5.55. The number of hydrogen-bond acceptors (Lipinski definition) is 6. The van der Waals surface area contributed by atoms with Gasteiger partial charge in [-0.25, -0.2) is 0 Å². The third-order valence-electron chi connectivity index (χ3n) is 5.55. The molecular weight excluding hydrogens is 358 g/mol. The van der Waals surface area contributed by atoms with Crippen LogP contribution in [0.1, 0.15) is 29.9 Å². The van der Waals surface area contributed by atoms with Gasteiger partial charge in [-0.2, -0.15) is 0 Å². The van der Waals surface area contributed by atoms with E-state index < -0.39 is 0 Å². The fourth-order valence-corrected chi connectivity index (χ4v) is 4.25. The van der Waals surface area contributed by atoms with Gasteiger partial charge in [-0.05, 0) is 35.7 Å². The highest BCUT2D eigenvalue weighted by molar-refractivity contribution is 6.14. The lowest BCUT2D eigenvalue weighted by Gasteiger charge is -2.30. The molecule has 1 fully saturated rings. The number of rotatable bonds is 5. The van der Waals surface area contributed by atoms with Crippen molar-refractivity contribution in [1.82, 2.24) is 0 Å². The zero-order valence-corrected chi connectivity index (χ0v) is 16.4. The summed E-state index contributed by atoms with van der Waals surface area (Å²) >= 11 is 0. The summed E-state index contributed by atoms with van der Waals surface area (Å²) in [5.74, 6) is 2.23. The Kier molecular flexibility index (Phi) is 4.71. The van der Waals surface area contributed by atoms with Crippen molar-refractivity contribution in [3.63, 3.8) is 0 Å². The lowest BCUT2D eigenvalue weighted by atomic mass is 9.76. The Balaban J connectivity index is 1.93. The molecule has 1 aliphatic heterocycles. The Labute approximate surface area is 164 Å². The minimum atomic E-state index is -0.260. The number of Topliss-reactive ketones (excluding diaryl/α,β-unsaturated/α-hetero) is 1. The quantitative estimate of drug-likeness (QED) is 0.785. The average Bonchev–Trinajstić information content (AvgIpc) is 3.10. The Hall–Kier alpha value is -3.02. The minimum Gasteiger partial charge on any atom is -0.497 e. The monoisotopic (exact) mass is 381 g/mol. The second-order valence-electron chi connectivity index (χ2n) is 6.91. The van der Waals surface area contributed by atoms with Crippen LogP contribution >= 0.6 is 0 Å². The fourth-order valence-electron chi connectivity index (χ4n) is 4.25. The molecule has 0 N–H and O–H groups in total. The van der Waals surface area contributed by atoms with E-state index in [1.54, 1.807) is 28.4 Å². The predicted molar refractivity (Wildman–Crippen MR) is 106 cm³/mol. The van der Waals surface area contributed by atoms with E-state index in [0.717, 1.165) is 28.3 Å². The Morgan fingerprint density at radius 1 is 0.857 bits per heavy atom. The first kappa shape index (κ1) is 18.3. The molecule has 6 heteroatoms. The van der Waals surface area contributed by atoms with Crippen LogP contribution in [0.3, 0.4) is 0 Å². The van der Waals surface area contributed by atoms with Crippen LogP contribution in [0, 0.1) is 5.92 Å². The molecule has 4 rings (SSSR count). The van der Waals surface area contributed by atoms with Gasteiger partial charge in [0.05, 0.1) is 40.0 Å². The van der Waals surface area contributed by atoms with Gasteiger partial charge in [0.1, 0.15) is 11.5 Å². The van der Waals surface area contributed by atoms with Gasteiger partial charge < -0.3 is 18.9 Å². The number of ether oxygens (including phenoxy) is 4. The molecule has 0 radical (unpaired) electrons. The van der Waals surface area contributed by atoms with Gasteiger partial charge >= 0.3 is 0 Å². The summed E-state index contributed by atoms with van der Waals surface area (Å²) in [6.07, 6.45) is 1.22. The van der Waals surface area contributed by atoms with Crippen LogP contribution in [-0.2, 0) is 4.79 Å². The number of benzene rings is 2. The molecule has 28 heavy (non-hydrogen) atoms. The summed E-state index contributed by atoms with van der Waals surface area (Å²) in [7, 11) is 6.40. The first-order valence-electron chi connectivity index (χ1n) is 9.19. The number of carbonyl (C=O) groups is 1. The molecule has 1 aliphatic carbocycles. The van der Waals surface area contributed by atoms with Crippen LogP contribution in [0.15, 0.2) is 35.3 Å². The van der Waals surface area contributed by atoms with Gasteiger partial charge in [0.2, 0.25) is 5.75 Å². The summed E-state index contributed by atoms with van der Waals surface area (Å²) < 4.78 is 21.9. The van der Waals surface area contributed by atoms with E-state index in [-0.39, 0.29) is 17.6 Å². The molecule has 146 valence electrons. The van der Waals surface area contributed by atoms with Gasteiger partial charge in [0.25, 0.3) is 0 Å². The molecule has 0 saturated heterocycles. The van der Waals surface area contributed by atoms with Crippen molar-refractivity contribution in [2.45, 2.75) is 18.8 Å². The van der Waals surface area contributed by atoms with Crippen molar-refractivity contribution in [3.05, 3.63) is 41.5 Å². The SMILES string of the molecule is COc1ccc2c(c1)N=C1CCC(=O)C1C2c1cc(OC)c(OC)c(OC)c1. The van der Waals surface area contributed by atoms with Crippen LogP contribution < -0.4 is 18.9 Å². The maximum atomic E-state index is 12.8. The number of aliphatic imine (C=N–C) groups is 1. The van der Waals surface area contributed by atoms with E-state index in [2.05, 4.69) is 0 Å². The van der Waals surface area contributed by atoms with E-state index in [0.29, 0.717) is 30.1 Å². The van der Waals surface area contributed by atoms with E-state index >= 15 is 0 Å². The van der Waals surface area contributed by atoms with Crippen molar-refractivity contribution in [3.8, 4) is 23.0 Å². The molecule has 2 aliphatic rings. The van der Waals surface area contributed by atoms with Crippen molar-refractivity contribution in [2.24, 2.45) is 10.9 Å². The van der Waals surface area contributed by atoms with Crippen LogP contribution in [-0.4, -0.2) is 39.9 Å². The van der Waals surface area contributed by atoms with Crippen molar-refractivity contribution < 1.29 is 23.7 Å². The molecule has 2 atom stereocenters. The molecule has 0 spiro atoms. The van der Waals surface area contributed by atoms with Crippen LogP contribution in [0.5, 0.6) is 23.0 Å². The van der Waals surface area contributed by atoms with Gasteiger partial charge in [0, 0.05) is 24.1 Å². The lowest BCUT2D eigenvalue weighted by molar-refractivity contribution is -0.120. The fraction of sp³-hybridized carbons (Fsp3) is 0.364. The van der Waals surface area contributed by atoms with Gasteiger partial charge in [-0.15, -0.1) is 0 Å². The second-order valence-corrected chi connectivity index (χ2v) is 6.91. The first-order valence-corrected chi connectivity index (χ1v) is 9.19. The highest BCUT2D eigenvalue weighted by Gasteiger charge is 2.43. The van der Waals surface area contributed by atoms with Crippen LogP contribution in [0.4, 0.5) is 5.69 Å². The molecule has 2 aromatic rings. The van der Waals surface area contributed by atoms with Gasteiger partial charge in [-0.3, -0.25) is 9.79 Å². The number of methoxy groups -OCH3 is 4. The van der Waals surface area contributed by atoms with E-state index in [9.17, 15) is 4.79 Å². The molecule has 2 unspecified atom stereocenters. The van der Waals surface area contributed by atoms with Crippen LogP contribution in [0.2, 0.25) is 0 Å². The first-order chi connectivity index (χ1) is 13.6. The number of carbonyl (C=O) groups excluding carboxylic acids is 1. The maximum absolute atomic E-state index is 12.8. The molecule has 0 bridgehead atoms. The summed E-state index contributed by atoms with van der Waals surface area (Å²) in [6, 6.07) is 9.67. The standard InChI is InChI=1S/C22H23NO5/c1-25-13-5-6-14-16(11-13)23-15-7-8-17(24)21(15)20(14)12-9-18(26-2)22(28-4)19(10-12)27-3/h5-6,9-11,20-21H,7-8H2,1-4H3. The summed E-state index contributed by atoms with van der Waals surface area (Å²) in [4.78, 5) is 17.6. The van der Waals surface area contributed by atoms with Gasteiger partial charge in [-0.1, -0.05) is 6.07 Å². The smallest absolute Gasteiger partial charge is 0.203 e. The highest BCUT2D eigenvalue weighted by atomic mass is 16.5. The molecule has 1 heterocycles. The van der Waals surface area contributed by atoms with Crippen molar-refractivity contribution in [1.29, 1.82) is 0 Å². The number of ketones is 1. The Bertz CT molecular complexity index is 940. The number of hydrogen-bond donors (Lipinski definition) is 0. The molecule has 0 amide bonds. The van der Waals surface area contributed by atoms with E-state index in [1.165, 1.54) is 0 Å². The van der Waals surface area contributed by atoms with Crippen molar-refractivity contribution >= 4 is 17.2 Å². The normalized spacial score (nSPS) is 20.1. The van der Waals surface area contributed by atoms with Gasteiger partial charge in [0.15, 0.2) is 11.5 Å².